The third-order valence-corrected chi connectivity index (χ3v) is 2.12. The Kier molecular flexibility index (Phi) is 5.60. The summed E-state index contributed by atoms with van der Waals surface area (Å²) in [4.78, 5) is 10.6. The molecule has 5 nitrogen and oxygen atoms in total. The molecule has 0 atom stereocenters. The van der Waals surface area contributed by atoms with E-state index in [0.717, 1.165) is 5.57 Å². The van der Waals surface area contributed by atoms with Gasteiger partial charge in [0.05, 0.1) is 6.54 Å². The van der Waals surface area contributed by atoms with E-state index in [1.807, 2.05) is 25.2 Å². The van der Waals surface area contributed by atoms with Gasteiger partial charge >= 0.3 is 5.97 Å². The largest absolute Gasteiger partial charge is 0.476 e. The Bertz CT molecular complexity index is 472. The topological polar surface area (TPSA) is 75.4 Å². The van der Waals surface area contributed by atoms with Crippen LogP contribution in [-0.4, -0.2) is 22.8 Å². The summed E-state index contributed by atoms with van der Waals surface area (Å²) in [5.41, 5.74) is 0.993. The summed E-state index contributed by atoms with van der Waals surface area (Å²) >= 11 is 0. The molecule has 0 aliphatic heterocycles. The molecule has 5 heteroatoms. The molecule has 96 valence electrons. The second kappa shape index (κ2) is 7.24. The van der Waals surface area contributed by atoms with Crippen LogP contribution in [0.2, 0.25) is 0 Å². The molecule has 1 heterocycles. The van der Waals surface area contributed by atoms with Crippen molar-refractivity contribution < 1.29 is 14.4 Å². The maximum absolute atomic E-state index is 10.6. The first-order valence-electron chi connectivity index (χ1n) is 5.51. The lowest BCUT2D eigenvalue weighted by molar-refractivity contribution is 0.0685. The Balaban J connectivity index is 2.47. The number of rotatable bonds is 7. The Hall–Kier alpha value is -2.14. The molecular formula is C13H16N2O3. The van der Waals surface area contributed by atoms with Crippen molar-refractivity contribution in [1.29, 1.82) is 0 Å². The Morgan fingerprint density at radius 2 is 2.44 bits per heavy atom. The summed E-state index contributed by atoms with van der Waals surface area (Å²) in [6.45, 7) is 6.64. The van der Waals surface area contributed by atoms with Crippen molar-refractivity contribution in [2.24, 2.45) is 0 Å². The maximum Gasteiger partial charge on any atom is 0.358 e. The number of aromatic nitrogens is 1. The fraction of sp³-hybridized carbons (Fsp3) is 0.231. The third-order valence-electron chi connectivity index (χ3n) is 2.12. The second-order valence-electron chi connectivity index (χ2n) is 3.56. The molecule has 2 N–H and O–H groups in total. The molecular weight excluding hydrogens is 232 g/mol. The van der Waals surface area contributed by atoms with Gasteiger partial charge in [0.1, 0.15) is 0 Å². The van der Waals surface area contributed by atoms with E-state index in [0.29, 0.717) is 18.8 Å². The normalized spacial score (nSPS) is 11.9. The number of nitrogens with one attached hydrogen (secondary N) is 1. The average molecular weight is 248 g/mol. The van der Waals surface area contributed by atoms with Gasteiger partial charge in [-0.2, -0.15) is 0 Å². The molecule has 1 aromatic heterocycles. The number of nitrogens with zero attached hydrogens (tertiary/aromatic N) is 1. The van der Waals surface area contributed by atoms with Crippen LogP contribution in [0.4, 0.5) is 0 Å². The first-order chi connectivity index (χ1) is 8.67. The van der Waals surface area contributed by atoms with Gasteiger partial charge in [-0.1, -0.05) is 36.0 Å². The van der Waals surface area contributed by atoms with Gasteiger partial charge in [0, 0.05) is 12.6 Å². The predicted molar refractivity (Wildman–Crippen MR) is 68.3 cm³/mol. The van der Waals surface area contributed by atoms with Gasteiger partial charge < -0.3 is 14.9 Å². The lowest BCUT2D eigenvalue weighted by Gasteiger charge is -2.02. The van der Waals surface area contributed by atoms with Crippen LogP contribution < -0.4 is 5.32 Å². The average Bonchev–Trinajstić information content (AvgIpc) is 2.78. The van der Waals surface area contributed by atoms with Gasteiger partial charge in [-0.25, -0.2) is 4.79 Å². The number of hydrogen-bond donors (Lipinski definition) is 2. The minimum absolute atomic E-state index is 0.0814. The summed E-state index contributed by atoms with van der Waals surface area (Å²) in [7, 11) is 0. The SMILES string of the molecule is C=C/C=C(\C=C/C)CNCc1cc(C(=O)O)no1. The molecule has 0 saturated heterocycles. The highest BCUT2D eigenvalue weighted by atomic mass is 16.5. The fourth-order valence-corrected chi connectivity index (χ4v) is 1.37. The van der Waals surface area contributed by atoms with Crippen molar-refractivity contribution >= 4 is 5.97 Å². The van der Waals surface area contributed by atoms with E-state index >= 15 is 0 Å². The molecule has 0 saturated carbocycles. The van der Waals surface area contributed by atoms with Crippen LogP contribution in [0.1, 0.15) is 23.2 Å². The van der Waals surface area contributed by atoms with Crippen LogP contribution in [-0.2, 0) is 6.54 Å². The van der Waals surface area contributed by atoms with Crippen LogP contribution in [0, 0.1) is 0 Å². The molecule has 18 heavy (non-hydrogen) atoms. The van der Waals surface area contributed by atoms with E-state index in [9.17, 15) is 4.79 Å². The number of allylic oxidation sites excluding steroid dienone is 3. The summed E-state index contributed by atoms with van der Waals surface area (Å²) in [6.07, 6.45) is 7.52. The van der Waals surface area contributed by atoms with Crippen LogP contribution >= 0.6 is 0 Å². The van der Waals surface area contributed by atoms with Gasteiger partial charge in [-0.3, -0.25) is 0 Å². The zero-order valence-corrected chi connectivity index (χ0v) is 10.2. The van der Waals surface area contributed by atoms with Crippen molar-refractivity contribution in [3.8, 4) is 0 Å². The van der Waals surface area contributed by atoms with E-state index in [1.165, 1.54) is 6.07 Å². The maximum atomic E-state index is 10.6. The summed E-state index contributed by atoms with van der Waals surface area (Å²) in [5, 5.41) is 15.2. The standard InChI is InChI=1S/C13H16N2O3/c1-3-5-10(6-4-2)8-14-9-11-7-12(13(16)17)15-18-11/h3-7,14H,1,8-9H2,2H3,(H,16,17)/b6-4-,10-5+. The van der Waals surface area contributed by atoms with Crippen LogP contribution in [0.25, 0.3) is 0 Å². The molecule has 0 bridgehead atoms. The Labute approximate surface area is 105 Å². The Morgan fingerprint density at radius 3 is 3.00 bits per heavy atom. The van der Waals surface area contributed by atoms with Crippen LogP contribution in [0.5, 0.6) is 0 Å². The smallest absolute Gasteiger partial charge is 0.358 e. The second-order valence-corrected chi connectivity index (χ2v) is 3.56. The highest BCUT2D eigenvalue weighted by Crippen LogP contribution is 2.03. The monoisotopic (exact) mass is 248 g/mol. The van der Waals surface area contributed by atoms with Gasteiger partial charge in [0.25, 0.3) is 0 Å². The van der Waals surface area contributed by atoms with E-state index in [2.05, 4.69) is 17.1 Å². The van der Waals surface area contributed by atoms with E-state index in [1.54, 1.807) is 6.08 Å². The summed E-state index contributed by atoms with van der Waals surface area (Å²) in [5.74, 6) is -0.600. The van der Waals surface area contributed by atoms with Gasteiger partial charge in [0.15, 0.2) is 11.5 Å². The molecule has 1 aromatic rings. The number of carbonyl (C=O) groups is 1. The van der Waals surface area contributed by atoms with E-state index < -0.39 is 5.97 Å². The molecule has 1 rings (SSSR count). The van der Waals surface area contributed by atoms with Crippen molar-refractivity contribution in [1.82, 2.24) is 10.5 Å². The lowest BCUT2D eigenvalue weighted by Crippen LogP contribution is -2.15. The first kappa shape index (κ1) is 13.9. The molecule has 0 unspecified atom stereocenters. The zero-order valence-electron chi connectivity index (χ0n) is 10.2. The molecule has 0 radical (unpaired) electrons. The van der Waals surface area contributed by atoms with Crippen LogP contribution in [0.15, 0.2) is 47.0 Å². The van der Waals surface area contributed by atoms with Crippen molar-refractivity contribution in [2.45, 2.75) is 13.5 Å². The summed E-state index contributed by atoms with van der Waals surface area (Å²) < 4.78 is 4.88. The molecule has 0 aliphatic carbocycles. The molecule has 0 amide bonds. The van der Waals surface area contributed by atoms with Gasteiger partial charge in [-0.15, -0.1) is 0 Å². The Morgan fingerprint density at radius 1 is 1.67 bits per heavy atom. The molecule has 0 spiro atoms. The number of hydrogen-bond acceptors (Lipinski definition) is 4. The highest BCUT2D eigenvalue weighted by Gasteiger charge is 2.09. The predicted octanol–water partition coefficient (Wildman–Crippen LogP) is 2.15. The number of carboxylic acid groups (broad SMARTS) is 1. The van der Waals surface area contributed by atoms with Crippen molar-refractivity contribution in [3.05, 3.63) is 54.0 Å². The van der Waals surface area contributed by atoms with Crippen LogP contribution in [0.3, 0.4) is 0 Å². The molecule has 0 fully saturated rings. The van der Waals surface area contributed by atoms with E-state index in [4.69, 9.17) is 9.63 Å². The number of carboxylic acids is 1. The van der Waals surface area contributed by atoms with Gasteiger partial charge in [-0.05, 0) is 12.5 Å². The minimum atomic E-state index is -1.09. The van der Waals surface area contributed by atoms with E-state index in [-0.39, 0.29) is 5.69 Å². The minimum Gasteiger partial charge on any atom is -0.476 e. The number of aromatic carboxylic acids is 1. The quantitative estimate of drug-likeness (QED) is 0.723. The third kappa shape index (κ3) is 4.39. The highest BCUT2D eigenvalue weighted by molar-refractivity contribution is 5.85. The zero-order chi connectivity index (χ0) is 13.4. The lowest BCUT2D eigenvalue weighted by atomic mass is 10.2. The molecule has 0 aromatic carbocycles. The van der Waals surface area contributed by atoms with Crippen molar-refractivity contribution in [3.63, 3.8) is 0 Å². The molecule has 0 aliphatic rings. The van der Waals surface area contributed by atoms with Gasteiger partial charge in [0.2, 0.25) is 0 Å². The fourth-order valence-electron chi connectivity index (χ4n) is 1.37. The summed E-state index contributed by atoms with van der Waals surface area (Å²) in [6, 6.07) is 1.40. The first-order valence-corrected chi connectivity index (χ1v) is 5.51. The van der Waals surface area contributed by atoms with Crippen molar-refractivity contribution in [2.75, 3.05) is 6.54 Å².